The fourth-order valence-corrected chi connectivity index (χ4v) is 3.64. The SMILES string of the molecule is C.O=C(OCC1CCC2OC2C1)OC(=O)C1CCC2OC2C1. The second-order valence-electron chi connectivity index (χ2n) is 6.60. The van der Waals surface area contributed by atoms with Gasteiger partial charge in [-0.1, -0.05) is 7.43 Å². The number of rotatable bonds is 3. The molecular formula is C16H24O6. The Morgan fingerprint density at radius 1 is 0.909 bits per heavy atom. The average molecular weight is 312 g/mol. The van der Waals surface area contributed by atoms with Gasteiger partial charge in [-0.15, -0.1) is 0 Å². The van der Waals surface area contributed by atoms with Gasteiger partial charge in [0.1, 0.15) is 0 Å². The Morgan fingerprint density at radius 3 is 2.27 bits per heavy atom. The molecule has 4 aliphatic rings. The van der Waals surface area contributed by atoms with E-state index in [1.807, 2.05) is 0 Å². The van der Waals surface area contributed by atoms with Crippen molar-refractivity contribution in [1.82, 2.24) is 0 Å². The maximum absolute atomic E-state index is 11.9. The van der Waals surface area contributed by atoms with Crippen LogP contribution in [0.1, 0.15) is 46.0 Å². The number of hydrogen-bond donors (Lipinski definition) is 0. The Labute approximate surface area is 130 Å². The van der Waals surface area contributed by atoms with Crippen molar-refractivity contribution < 1.29 is 28.5 Å². The Morgan fingerprint density at radius 2 is 1.59 bits per heavy atom. The third-order valence-corrected chi connectivity index (χ3v) is 5.07. The molecule has 2 saturated carbocycles. The Hall–Kier alpha value is -1.14. The van der Waals surface area contributed by atoms with Crippen molar-refractivity contribution >= 4 is 12.1 Å². The van der Waals surface area contributed by atoms with Crippen LogP contribution in [0.15, 0.2) is 0 Å². The molecule has 0 spiro atoms. The molecule has 0 aromatic rings. The summed E-state index contributed by atoms with van der Waals surface area (Å²) in [5.74, 6) is -0.369. The minimum Gasteiger partial charge on any atom is -0.434 e. The molecule has 6 nitrogen and oxygen atoms in total. The molecule has 2 saturated heterocycles. The van der Waals surface area contributed by atoms with E-state index in [2.05, 4.69) is 0 Å². The van der Waals surface area contributed by atoms with Crippen molar-refractivity contribution in [1.29, 1.82) is 0 Å². The van der Waals surface area contributed by atoms with E-state index in [-0.39, 0.29) is 19.4 Å². The number of carbonyl (C=O) groups excluding carboxylic acids is 2. The molecule has 124 valence electrons. The number of hydrogen-bond acceptors (Lipinski definition) is 6. The molecule has 4 fully saturated rings. The summed E-state index contributed by atoms with van der Waals surface area (Å²) in [7, 11) is 0. The van der Waals surface area contributed by atoms with Crippen LogP contribution in [-0.2, 0) is 23.7 Å². The van der Waals surface area contributed by atoms with Crippen LogP contribution in [0.5, 0.6) is 0 Å². The second kappa shape index (κ2) is 6.16. The largest absolute Gasteiger partial charge is 0.516 e. The molecule has 2 aliphatic heterocycles. The van der Waals surface area contributed by atoms with Gasteiger partial charge in [0.25, 0.3) is 0 Å². The zero-order valence-electron chi connectivity index (χ0n) is 11.9. The van der Waals surface area contributed by atoms with E-state index in [4.69, 9.17) is 18.9 Å². The lowest BCUT2D eigenvalue weighted by Gasteiger charge is -2.19. The van der Waals surface area contributed by atoms with Gasteiger partial charge in [-0.2, -0.15) is 0 Å². The van der Waals surface area contributed by atoms with Gasteiger partial charge in [0.15, 0.2) is 0 Å². The van der Waals surface area contributed by atoms with Crippen molar-refractivity contribution in [2.45, 2.75) is 70.4 Å². The van der Waals surface area contributed by atoms with Gasteiger partial charge in [-0.3, -0.25) is 4.79 Å². The van der Waals surface area contributed by atoms with Gasteiger partial charge in [0.2, 0.25) is 0 Å². The average Bonchev–Trinajstić information content (AvgIpc) is 3.36. The van der Waals surface area contributed by atoms with Gasteiger partial charge in [-0.25, -0.2) is 4.79 Å². The van der Waals surface area contributed by atoms with E-state index >= 15 is 0 Å². The van der Waals surface area contributed by atoms with Gasteiger partial charge in [0, 0.05) is 0 Å². The van der Waals surface area contributed by atoms with Crippen LogP contribution in [0, 0.1) is 11.8 Å². The topological polar surface area (TPSA) is 77.7 Å². The maximum Gasteiger partial charge on any atom is 0.516 e. The van der Waals surface area contributed by atoms with E-state index in [1.165, 1.54) is 0 Å². The highest BCUT2D eigenvalue weighted by molar-refractivity contribution is 5.83. The molecule has 6 heteroatoms. The molecule has 2 heterocycles. The van der Waals surface area contributed by atoms with Gasteiger partial charge in [-0.05, 0) is 44.4 Å². The number of ether oxygens (including phenoxy) is 4. The maximum atomic E-state index is 11.9. The van der Waals surface area contributed by atoms with Crippen molar-refractivity contribution in [3.63, 3.8) is 0 Å². The number of carbonyl (C=O) groups is 2. The Bertz CT molecular complexity index is 450. The van der Waals surface area contributed by atoms with Crippen LogP contribution < -0.4 is 0 Å². The lowest BCUT2D eigenvalue weighted by atomic mass is 9.89. The van der Waals surface area contributed by atoms with E-state index in [0.29, 0.717) is 37.3 Å². The standard InChI is InChI=1S/C15H20O6.CH4/c16-14(9-2-4-11-13(6-9)20-11)21-15(17)18-7-8-1-3-10-12(5-8)19-10;/h8-13H,1-7H2;1H4. The molecule has 22 heavy (non-hydrogen) atoms. The summed E-state index contributed by atoms with van der Waals surface area (Å²) in [5.41, 5.74) is 0. The molecule has 4 rings (SSSR count). The Balaban J connectivity index is 0.00000144. The minimum atomic E-state index is -0.863. The van der Waals surface area contributed by atoms with E-state index < -0.39 is 12.1 Å². The first kappa shape index (κ1) is 15.7. The molecule has 0 N–H and O–H groups in total. The third kappa shape index (κ3) is 3.43. The highest BCUT2D eigenvalue weighted by Crippen LogP contribution is 2.40. The first-order valence-electron chi connectivity index (χ1n) is 7.88. The summed E-state index contributed by atoms with van der Waals surface area (Å²) in [5, 5.41) is 0. The summed E-state index contributed by atoms with van der Waals surface area (Å²) in [4.78, 5) is 23.5. The van der Waals surface area contributed by atoms with Crippen LogP contribution in [0.3, 0.4) is 0 Å². The fraction of sp³-hybridized carbons (Fsp3) is 0.875. The van der Waals surface area contributed by atoms with Crippen LogP contribution in [0.2, 0.25) is 0 Å². The van der Waals surface area contributed by atoms with Crippen LogP contribution in [-0.4, -0.2) is 43.1 Å². The summed E-state index contributed by atoms with van der Waals surface area (Å²) >= 11 is 0. The summed E-state index contributed by atoms with van der Waals surface area (Å²) in [6.45, 7) is 0.317. The van der Waals surface area contributed by atoms with Crippen molar-refractivity contribution in [2.24, 2.45) is 11.8 Å². The molecule has 0 amide bonds. The summed E-state index contributed by atoms with van der Waals surface area (Å²) < 4.78 is 20.7. The van der Waals surface area contributed by atoms with E-state index in [0.717, 1.165) is 32.1 Å². The summed E-state index contributed by atoms with van der Waals surface area (Å²) in [6, 6.07) is 0. The zero-order valence-corrected chi connectivity index (χ0v) is 11.9. The molecule has 0 aromatic carbocycles. The fourth-order valence-electron chi connectivity index (χ4n) is 3.64. The van der Waals surface area contributed by atoms with Gasteiger partial charge >= 0.3 is 12.1 Å². The van der Waals surface area contributed by atoms with Crippen molar-refractivity contribution in [2.75, 3.05) is 6.61 Å². The normalized spacial score (nSPS) is 41.3. The van der Waals surface area contributed by atoms with Crippen LogP contribution in [0.4, 0.5) is 4.79 Å². The predicted molar refractivity (Wildman–Crippen MR) is 76.2 cm³/mol. The lowest BCUT2D eigenvalue weighted by molar-refractivity contribution is -0.145. The van der Waals surface area contributed by atoms with Crippen LogP contribution >= 0.6 is 0 Å². The van der Waals surface area contributed by atoms with E-state index in [9.17, 15) is 9.59 Å². The molecule has 6 atom stereocenters. The summed E-state index contributed by atoms with van der Waals surface area (Å²) in [6.07, 6.45) is 5.73. The highest BCUT2D eigenvalue weighted by atomic mass is 16.7. The van der Waals surface area contributed by atoms with Crippen molar-refractivity contribution in [3.05, 3.63) is 0 Å². The number of esters is 1. The van der Waals surface area contributed by atoms with E-state index in [1.54, 1.807) is 0 Å². The van der Waals surface area contributed by atoms with Gasteiger partial charge in [0.05, 0.1) is 36.9 Å². The van der Waals surface area contributed by atoms with Crippen LogP contribution in [0.25, 0.3) is 0 Å². The first-order valence-corrected chi connectivity index (χ1v) is 7.88. The monoisotopic (exact) mass is 312 g/mol. The highest BCUT2D eigenvalue weighted by Gasteiger charge is 2.47. The quantitative estimate of drug-likeness (QED) is 0.452. The van der Waals surface area contributed by atoms with Gasteiger partial charge < -0.3 is 18.9 Å². The molecule has 6 unspecified atom stereocenters. The molecule has 0 bridgehead atoms. The predicted octanol–water partition coefficient (Wildman–Crippen LogP) is 2.44. The molecule has 2 aliphatic carbocycles. The van der Waals surface area contributed by atoms with Crippen molar-refractivity contribution in [3.8, 4) is 0 Å². The lowest BCUT2D eigenvalue weighted by Crippen LogP contribution is -2.27. The number of fused-ring (bicyclic) bond motifs is 2. The second-order valence-corrected chi connectivity index (χ2v) is 6.60. The minimum absolute atomic E-state index is 0. The zero-order chi connectivity index (χ0) is 14.4. The third-order valence-electron chi connectivity index (χ3n) is 5.07. The molecule has 0 aromatic heterocycles. The first-order chi connectivity index (χ1) is 10.2. The Kier molecular flexibility index (Phi) is 4.41. The number of epoxide rings is 2. The molecular weight excluding hydrogens is 288 g/mol. The molecule has 0 radical (unpaired) electrons. The smallest absolute Gasteiger partial charge is 0.434 e.